The van der Waals surface area contributed by atoms with Crippen molar-refractivity contribution in [1.82, 2.24) is 9.80 Å². The van der Waals surface area contributed by atoms with Gasteiger partial charge in [0.2, 0.25) is 17.6 Å². The van der Waals surface area contributed by atoms with Crippen molar-refractivity contribution in [2.45, 2.75) is 132 Å². The number of ketones is 4. The van der Waals surface area contributed by atoms with E-state index in [4.69, 9.17) is 37.9 Å². The van der Waals surface area contributed by atoms with Crippen molar-refractivity contribution in [3.05, 3.63) is 51.6 Å². The van der Waals surface area contributed by atoms with Crippen LogP contribution in [0.2, 0.25) is 0 Å². The predicted molar refractivity (Wildman–Crippen MR) is 229 cm³/mol. The van der Waals surface area contributed by atoms with E-state index < -0.39 is 95.7 Å². The van der Waals surface area contributed by atoms with Crippen LogP contribution in [0.25, 0.3) is 0 Å². The van der Waals surface area contributed by atoms with Crippen LogP contribution < -0.4 is 4.74 Å². The Balaban J connectivity index is 0.909. The summed E-state index contributed by atoms with van der Waals surface area (Å²) in [7, 11) is 2.92. The number of methoxy groups -OCH3 is 2. The van der Waals surface area contributed by atoms with E-state index in [0.29, 0.717) is 51.7 Å². The van der Waals surface area contributed by atoms with Gasteiger partial charge < -0.3 is 53.2 Å². The molecule has 0 radical (unpaired) electrons. The Morgan fingerprint density at radius 1 is 0.940 bits per heavy atom. The van der Waals surface area contributed by atoms with E-state index in [0.717, 1.165) is 0 Å². The van der Waals surface area contributed by atoms with Crippen LogP contribution in [0.5, 0.6) is 17.2 Å². The van der Waals surface area contributed by atoms with E-state index in [-0.39, 0.29) is 109 Å². The standard InChI is InChI=1S/C48H58N2O17/c1-24-17-27(18-30-45(24)67-46-47(61-3)63-16-15-49(30)46)65-32-20-48(59,19-29-38(32)44(58)40-39(42(29)56)41(55)28-9-5-10-31(60-2)37(28)43(40)57)33(52)23-64-36-11-4-8-26(66-36)22-62-21-25(51)7-6-14-50-34(53)12-13-35(50)54/h5,9-10,24,26-27,30,32,36,45-47,56,58-59H,4,6-8,11-23H2,1-3H3/t24-,26?,27-,30+,32+,36?,45-,46-,47+,48+/m1/s1. The van der Waals surface area contributed by atoms with Gasteiger partial charge in [-0.05, 0) is 50.5 Å². The lowest BCUT2D eigenvalue weighted by atomic mass is 9.71. The molecule has 5 fully saturated rings. The molecule has 1 saturated carbocycles. The molecule has 3 aliphatic carbocycles. The number of hydrogen-bond donors (Lipinski definition) is 3. The lowest BCUT2D eigenvalue weighted by Gasteiger charge is -2.43. The second-order valence-corrected chi connectivity index (χ2v) is 18.7. The molecule has 67 heavy (non-hydrogen) atoms. The summed E-state index contributed by atoms with van der Waals surface area (Å²) in [5.74, 6) is -4.01. The number of aromatic hydroxyl groups is 2. The summed E-state index contributed by atoms with van der Waals surface area (Å²) in [6.45, 7) is 2.59. The zero-order valence-corrected chi connectivity index (χ0v) is 37.9. The van der Waals surface area contributed by atoms with Crippen molar-refractivity contribution < 1.29 is 82.0 Å². The lowest BCUT2D eigenvalue weighted by Crippen LogP contribution is -2.54. The number of phenolic OH excluding ortho intramolecular Hbond substituents is 2. The molecule has 2 aromatic rings. The first-order chi connectivity index (χ1) is 32.2. The molecule has 4 heterocycles. The fourth-order valence-electron chi connectivity index (χ4n) is 11.1. The number of rotatable bonds is 16. The second kappa shape index (κ2) is 19.4. The van der Waals surface area contributed by atoms with Crippen LogP contribution in [0, 0.1) is 5.92 Å². The number of benzene rings is 2. The van der Waals surface area contributed by atoms with Gasteiger partial charge in [0.05, 0.1) is 61.4 Å². The van der Waals surface area contributed by atoms with Crippen molar-refractivity contribution in [3.8, 4) is 17.2 Å². The highest BCUT2D eigenvalue weighted by Crippen LogP contribution is 2.53. The number of phenols is 2. The van der Waals surface area contributed by atoms with Gasteiger partial charge in [-0.1, -0.05) is 19.1 Å². The number of nitrogens with zero attached hydrogens (tertiary/aromatic N) is 2. The summed E-state index contributed by atoms with van der Waals surface area (Å²) in [6.07, 6.45) is -1.51. The van der Waals surface area contributed by atoms with Crippen LogP contribution in [0.1, 0.15) is 120 Å². The van der Waals surface area contributed by atoms with E-state index in [2.05, 4.69) is 4.90 Å². The maximum Gasteiger partial charge on any atom is 0.229 e. The Hall–Kier alpha value is -4.70. The number of fused-ring (bicyclic) bond motifs is 6. The van der Waals surface area contributed by atoms with Crippen LogP contribution in [-0.2, 0) is 58.8 Å². The molecule has 19 nitrogen and oxygen atoms in total. The molecule has 7 aliphatic rings. The van der Waals surface area contributed by atoms with Crippen molar-refractivity contribution in [2.75, 3.05) is 53.7 Å². The van der Waals surface area contributed by atoms with Gasteiger partial charge in [-0.3, -0.25) is 38.6 Å². The molecule has 0 spiro atoms. The maximum absolute atomic E-state index is 14.3. The topological polar surface area (TPSA) is 243 Å². The smallest absolute Gasteiger partial charge is 0.229 e. The van der Waals surface area contributed by atoms with E-state index in [9.17, 15) is 44.1 Å². The van der Waals surface area contributed by atoms with E-state index in [1.807, 2.05) is 6.92 Å². The fourth-order valence-corrected chi connectivity index (χ4v) is 11.1. The van der Waals surface area contributed by atoms with Gasteiger partial charge in [-0.25, -0.2) is 0 Å². The Morgan fingerprint density at radius 3 is 2.48 bits per heavy atom. The van der Waals surface area contributed by atoms with Gasteiger partial charge >= 0.3 is 0 Å². The third-order valence-electron chi connectivity index (χ3n) is 14.4. The van der Waals surface area contributed by atoms with Gasteiger partial charge in [0.25, 0.3) is 0 Å². The number of hydrogen-bond acceptors (Lipinski definition) is 18. The van der Waals surface area contributed by atoms with Gasteiger partial charge in [-0.2, -0.15) is 0 Å². The summed E-state index contributed by atoms with van der Waals surface area (Å²) in [5, 5.41) is 36.6. The van der Waals surface area contributed by atoms with Crippen LogP contribution >= 0.6 is 0 Å². The zero-order chi connectivity index (χ0) is 47.3. The minimum absolute atomic E-state index is 0.00372. The van der Waals surface area contributed by atoms with E-state index >= 15 is 0 Å². The maximum atomic E-state index is 14.3. The van der Waals surface area contributed by atoms with Gasteiger partial charge in [0.1, 0.15) is 36.1 Å². The first-order valence-electron chi connectivity index (χ1n) is 23.2. The lowest BCUT2D eigenvalue weighted by molar-refractivity contribution is -0.245. The number of aliphatic hydroxyl groups is 1. The molecule has 362 valence electrons. The molecule has 0 bridgehead atoms. The highest BCUT2D eigenvalue weighted by Gasteiger charge is 2.55. The molecule has 10 atom stereocenters. The third kappa shape index (κ3) is 8.94. The Kier molecular flexibility index (Phi) is 13.7. The SMILES string of the molecule is COc1cccc2c1C(=O)c1c(O)c3c(c(O)c1C2=O)C[C@@](O)(C(=O)COC1CCCC(COCC(=O)CCCN2C(=O)CCC2=O)O1)C[C@@H]3O[C@@H]1C[C@@H](C)[C@H]2O[C@@H]3[C@@H](OC)OCCN3[C@H]2C1. The van der Waals surface area contributed by atoms with Crippen LogP contribution in [0.15, 0.2) is 18.2 Å². The highest BCUT2D eigenvalue weighted by molar-refractivity contribution is 6.31. The molecule has 9 rings (SSSR count). The van der Waals surface area contributed by atoms with Crippen molar-refractivity contribution in [1.29, 1.82) is 0 Å². The third-order valence-corrected chi connectivity index (χ3v) is 14.4. The van der Waals surface area contributed by atoms with Crippen molar-refractivity contribution in [2.24, 2.45) is 5.92 Å². The number of carbonyl (C=O) groups is 6. The largest absolute Gasteiger partial charge is 0.507 e. The minimum atomic E-state index is -2.23. The quantitative estimate of drug-likeness (QED) is 0.138. The van der Waals surface area contributed by atoms with Crippen LogP contribution in [-0.4, -0.2) is 163 Å². The molecule has 4 aliphatic heterocycles. The van der Waals surface area contributed by atoms with E-state index in [1.54, 1.807) is 7.11 Å². The number of Topliss-reactive ketones (excluding diaryl/α,β-unsaturated/α-hetero) is 2. The van der Waals surface area contributed by atoms with Gasteiger partial charge in [0, 0.05) is 75.0 Å². The number of morpholine rings is 1. The fraction of sp³-hybridized carbons (Fsp3) is 0.625. The normalized spacial score (nSPS) is 31.5. The van der Waals surface area contributed by atoms with Gasteiger partial charge in [0.15, 0.2) is 36.2 Å². The first kappa shape index (κ1) is 47.4. The minimum Gasteiger partial charge on any atom is -0.507 e. The number of amides is 2. The summed E-state index contributed by atoms with van der Waals surface area (Å²) in [4.78, 5) is 82.2. The number of imide groups is 1. The molecule has 3 N–H and O–H groups in total. The Morgan fingerprint density at radius 2 is 1.72 bits per heavy atom. The highest BCUT2D eigenvalue weighted by atomic mass is 16.7. The van der Waals surface area contributed by atoms with Crippen molar-refractivity contribution >= 4 is 34.9 Å². The van der Waals surface area contributed by atoms with Crippen LogP contribution in [0.3, 0.4) is 0 Å². The van der Waals surface area contributed by atoms with E-state index in [1.165, 1.54) is 30.2 Å². The average molecular weight is 935 g/mol. The summed E-state index contributed by atoms with van der Waals surface area (Å²) < 4.78 is 47.8. The average Bonchev–Trinajstić information content (AvgIpc) is 3.86. The summed E-state index contributed by atoms with van der Waals surface area (Å²) >= 11 is 0. The molecule has 2 unspecified atom stereocenters. The molecular formula is C48H58N2O17. The molecule has 2 aromatic carbocycles. The van der Waals surface area contributed by atoms with Crippen molar-refractivity contribution in [3.63, 3.8) is 0 Å². The Bertz CT molecular complexity index is 2300. The predicted octanol–water partition coefficient (Wildman–Crippen LogP) is 2.81. The summed E-state index contributed by atoms with van der Waals surface area (Å²) in [6, 6.07) is 4.38. The molecule has 2 amide bonds. The zero-order valence-electron chi connectivity index (χ0n) is 37.9. The molecule has 19 heteroatoms. The van der Waals surface area contributed by atoms with Crippen LogP contribution in [0.4, 0.5) is 0 Å². The monoisotopic (exact) mass is 934 g/mol. The number of carbonyl (C=O) groups excluding carboxylic acids is 6. The molecular weight excluding hydrogens is 877 g/mol. The molecule has 0 aromatic heterocycles. The number of likely N-dealkylation sites (tertiary alicyclic amines) is 1. The second-order valence-electron chi connectivity index (χ2n) is 18.7. The van der Waals surface area contributed by atoms with Gasteiger partial charge in [-0.15, -0.1) is 0 Å². The summed E-state index contributed by atoms with van der Waals surface area (Å²) in [5.41, 5.74) is -3.29. The Labute approximate surface area is 386 Å². The number of ether oxygens (including phenoxy) is 8. The first-order valence-corrected chi connectivity index (χ1v) is 23.2. The molecule has 4 saturated heterocycles.